The van der Waals surface area contributed by atoms with Crippen molar-refractivity contribution in [1.82, 2.24) is 5.32 Å². The molecule has 19 heavy (non-hydrogen) atoms. The molecule has 0 amide bonds. The summed E-state index contributed by atoms with van der Waals surface area (Å²) in [6.07, 6.45) is -0.495. The molecule has 0 aromatic heterocycles. The summed E-state index contributed by atoms with van der Waals surface area (Å²) >= 11 is 0. The lowest BCUT2D eigenvalue weighted by atomic mass is 9.88. The summed E-state index contributed by atoms with van der Waals surface area (Å²) in [5, 5.41) is 13.2. The van der Waals surface area contributed by atoms with Crippen molar-refractivity contribution < 1.29 is 9.84 Å². The zero-order valence-electron chi connectivity index (χ0n) is 12.7. The van der Waals surface area contributed by atoms with E-state index >= 15 is 0 Å². The molecule has 1 rings (SSSR count). The van der Waals surface area contributed by atoms with Crippen LogP contribution in [0.25, 0.3) is 0 Å². The van der Waals surface area contributed by atoms with Gasteiger partial charge in [0.15, 0.2) is 0 Å². The van der Waals surface area contributed by atoms with Gasteiger partial charge in [-0.05, 0) is 37.0 Å². The van der Waals surface area contributed by atoms with E-state index in [-0.39, 0.29) is 5.41 Å². The second kappa shape index (κ2) is 6.92. The molecule has 0 fully saturated rings. The van der Waals surface area contributed by atoms with Crippen molar-refractivity contribution in [2.24, 2.45) is 5.41 Å². The van der Waals surface area contributed by atoms with Crippen molar-refractivity contribution in [1.29, 1.82) is 0 Å². The first-order valence-electron chi connectivity index (χ1n) is 6.90. The maximum atomic E-state index is 9.91. The summed E-state index contributed by atoms with van der Waals surface area (Å²) in [6, 6.07) is 8.21. The third-order valence-corrected chi connectivity index (χ3v) is 3.39. The molecule has 0 bridgehead atoms. The fourth-order valence-electron chi connectivity index (χ4n) is 1.58. The van der Waals surface area contributed by atoms with E-state index in [1.54, 1.807) is 0 Å². The first kappa shape index (κ1) is 16.0. The highest BCUT2D eigenvalue weighted by atomic mass is 16.5. The van der Waals surface area contributed by atoms with Crippen LogP contribution in [0.5, 0.6) is 5.75 Å². The van der Waals surface area contributed by atoms with Crippen LogP contribution >= 0.6 is 0 Å². The molecule has 0 aliphatic rings. The van der Waals surface area contributed by atoms with Crippen LogP contribution in [0.15, 0.2) is 24.3 Å². The van der Waals surface area contributed by atoms with Crippen LogP contribution in [0.2, 0.25) is 0 Å². The normalized spacial score (nSPS) is 15.1. The van der Waals surface area contributed by atoms with Gasteiger partial charge in [-0.1, -0.05) is 32.9 Å². The van der Waals surface area contributed by atoms with Gasteiger partial charge in [-0.15, -0.1) is 0 Å². The van der Waals surface area contributed by atoms with Crippen LogP contribution < -0.4 is 10.1 Å². The molecule has 3 nitrogen and oxygen atoms in total. The van der Waals surface area contributed by atoms with Gasteiger partial charge in [0.25, 0.3) is 0 Å². The molecule has 108 valence electrons. The number of ether oxygens (including phenoxy) is 1. The summed E-state index contributed by atoms with van der Waals surface area (Å²) in [4.78, 5) is 0. The molecule has 3 heteroatoms. The minimum absolute atomic E-state index is 0.192. The van der Waals surface area contributed by atoms with Gasteiger partial charge in [-0.25, -0.2) is 0 Å². The van der Waals surface area contributed by atoms with E-state index in [1.807, 2.05) is 31.2 Å². The fourth-order valence-corrected chi connectivity index (χ4v) is 1.58. The molecule has 0 spiro atoms. The Bertz CT molecular complexity index is 385. The summed E-state index contributed by atoms with van der Waals surface area (Å²) in [5.74, 6) is 0.808. The van der Waals surface area contributed by atoms with Crippen LogP contribution in [0.4, 0.5) is 0 Å². The zero-order valence-corrected chi connectivity index (χ0v) is 12.7. The molecule has 2 N–H and O–H groups in total. The molecule has 0 radical (unpaired) electrons. The lowest BCUT2D eigenvalue weighted by molar-refractivity contribution is 0.0986. The largest absolute Gasteiger partial charge is 0.491 e. The molecule has 0 heterocycles. The van der Waals surface area contributed by atoms with Gasteiger partial charge < -0.3 is 15.2 Å². The first-order chi connectivity index (χ1) is 8.79. The number of nitrogens with one attached hydrogen (secondary N) is 1. The molecule has 1 aromatic rings. The van der Waals surface area contributed by atoms with E-state index in [0.29, 0.717) is 19.2 Å². The Labute approximate surface area is 117 Å². The van der Waals surface area contributed by atoms with Crippen molar-refractivity contribution in [3.63, 3.8) is 0 Å². The Morgan fingerprint density at radius 1 is 1.32 bits per heavy atom. The van der Waals surface area contributed by atoms with Crippen molar-refractivity contribution in [2.45, 2.75) is 46.8 Å². The van der Waals surface area contributed by atoms with E-state index in [0.717, 1.165) is 11.3 Å². The van der Waals surface area contributed by atoms with Crippen LogP contribution in [0, 0.1) is 12.3 Å². The van der Waals surface area contributed by atoms with E-state index in [4.69, 9.17) is 4.74 Å². The van der Waals surface area contributed by atoms with Gasteiger partial charge in [0.1, 0.15) is 18.5 Å². The number of rotatable bonds is 6. The van der Waals surface area contributed by atoms with Crippen molar-refractivity contribution in [2.75, 3.05) is 13.2 Å². The monoisotopic (exact) mass is 265 g/mol. The number of benzene rings is 1. The van der Waals surface area contributed by atoms with Gasteiger partial charge in [0, 0.05) is 12.6 Å². The molecular weight excluding hydrogens is 238 g/mol. The summed E-state index contributed by atoms with van der Waals surface area (Å²) in [7, 11) is 0. The summed E-state index contributed by atoms with van der Waals surface area (Å²) in [5.41, 5.74) is 1.35. The summed E-state index contributed by atoms with van der Waals surface area (Å²) in [6.45, 7) is 11.6. The third-order valence-electron chi connectivity index (χ3n) is 3.39. The number of aliphatic hydroxyl groups excluding tert-OH is 1. The summed E-state index contributed by atoms with van der Waals surface area (Å²) < 4.78 is 5.58. The van der Waals surface area contributed by atoms with Crippen molar-refractivity contribution in [3.05, 3.63) is 29.8 Å². The number of hydrogen-bond acceptors (Lipinski definition) is 3. The predicted molar refractivity (Wildman–Crippen MR) is 79.6 cm³/mol. The Morgan fingerprint density at radius 3 is 2.58 bits per heavy atom. The smallest absolute Gasteiger partial charge is 0.119 e. The van der Waals surface area contributed by atoms with E-state index in [2.05, 4.69) is 33.0 Å². The minimum Gasteiger partial charge on any atom is -0.491 e. The van der Waals surface area contributed by atoms with Crippen LogP contribution in [-0.2, 0) is 0 Å². The maximum absolute atomic E-state index is 9.91. The molecule has 2 unspecified atom stereocenters. The second-order valence-electron chi connectivity index (χ2n) is 6.28. The quantitative estimate of drug-likeness (QED) is 0.831. The van der Waals surface area contributed by atoms with Gasteiger partial charge in [-0.2, -0.15) is 0 Å². The Kier molecular flexibility index (Phi) is 5.83. The molecule has 0 aliphatic heterocycles. The molecule has 2 atom stereocenters. The minimum atomic E-state index is -0.495. The SMILES string of the molecule is Cc1cccc(OCC(O)CNC(C)C(C)(C)C)c1. The average Bonchev–Trinajstić information content (AvgIpc) is 2.32. The number of hydrogen-bond donors (Lipinski definition) is 2. The van der Waals surface area contributed by atoms with Crippen LogP contribution in [0.3, 0.4) is 0 Å². The molecule has 0 saturated carbocycles. The van der Waals surface area contributed by atoms with Crippen LogP contribution in [0.1, 0.15) is 33.3 Å². The topological polar surface area (TPSA) is 41.5 Å². The highest BCUT2D eigenvalue weighted by Gasteiger charge is 2.20. The van der Waals surface area contributed by atoms with Gasteiger partial charge in [0.2, 0.25) is 0 Å². The first-order valence-corrected chi connectivity index (χ1v) is 6.90. The highest BCUT2D eigenvalue weighted by molar-refractivity contribution is 5.27. The van der Waals surface area contributed by atoms with Gasteiger partial charge in [0.05, 0.1) is 0 Å². The van der Waals surface area contributed by atoms with Gasteiger partial charge >= 0.3 is 0 Å². The molecule has 1 aromatic carbocycles. The van der Waals surface area contributed by atoms with E-state index < -0.39 is 6.10 Å². The Balaban J connectivity index is 2.30. The number of aryl methyl sites for hydroxylation is 1. The lowest BCUT2D eigenvalue weighted by Crippen LogP contribution is -2.42. The van der Waals surface area contributed by atoms with Gasteiger partial charge in [-0.3, -0.25) is 0 Å². The maximum Gasteiger partial charge on any atom is 0.119 e. The average molecular weight is 265 g/mol. The van der Waals surface area contributed by atoms with Crippen LogP contribution in [-0.4, -0.2) is 30.4 Å². The zero-order chi connectivity index (χ0) is 14.5. The van der Waals surface area contributed by atoms with Crippen molar-refractivity contribution >= 4 is 0 Å². The highest BCUT2D eigenvalue weighted by Crippen LogP contribution is 2.18. The molecule has 0 aliphatic carbocycles. The Hall–Kier alpha value is -1.06. The van der Waals surface area contributed by atoms with Crippen molar-refractivity contribution in [3.8, 4) is 5.75 Å². The third kappa shape index (κ3) is 6.08. The molecular formula is C16H27NO2. The van der Waals surface area contributed by atoms with E-state index in [9.17, 15) is 5.11 Å². The molecule has 0 saturated heterocycles. The Morgan fingerprint density at radius 2 is 2.00 bits per heavy atom. The van der Waals surface area contributed by atoms with E-state index in [1.165, 1.54) is 0 Å². The standard InChI is InChI=1S/C16H27NO2/c1-12-7-6-8-15(9-12)19-11-14(18)10-17-13(2)16(3,4)5/h6-9,13-14,17-18H,10-11H2,1-5H3. The number of aliphatic hydroxyl groups is 1. The fraction of sp³-hybridized carbons (Fsp3) is 0.625. The lowest BCUT2D eigenvalue weighted by Gasteiger charge is -2.29. The predicted octanol–water partition coefficient (Wildman–Crippen LogP) is 2.76. The second-order valence-corrected chi connectivity index (χ2v) is 6.28.